The Bertz CT molecular complexity index is 103. The number of ether oxygens (including phenoxy) is 2. The molecule has 0 bridgehead atoms. The first kappa shape index (κ1) is 6.71. The lowest BCUT2D eigenvalue weighted by molar-refractivity contribution is -0.133. The molecule has 0 radical (unpaired) electrons. The lowest BCUT2D eigenvalue weighted by Crippen LogP contribution is -2.13. The van der Waals surface area contributed by atoms with E-state index >= 15 is 0 Å². The Balaban J connectivity index is 2.43. The maximum atomic E-state index is 10.0. The van der Waals surface area contributed by atoms with Gasteiger partial charge in [0.1, 0.15) is 0 Å². The summed E-state index contributed by atoms with van der Waals surface area (Å²) < 4.78 is 10.1. The molecule has 0 N–H and O–H groups in total. The second-order valence-electron chi connectivity index (χ2n) is 2.19. The van der Waals surface area contributed by atoms with Crippen molar-refractivity contribution in [2.45, 2.75) is 32.3 Å². The van der Waals surface area contributed by atoms with Gasteiger partial charge in [0, 0.05) is 0 Å². The molecule has 0 unspecified atom stereocenters. The normalized spacial score (nSPS) is 37.1. The zero-order valence-electron chi connectivity index (χ0n) is 5.53. The van der Waals surface area contributed by atoms with Crippen molar-refractivity contribution in [2.24, 2.45) is 0 Å². The van der Waals surface area contributed by atoms with E-state index in [-0.39, 0.29) is 12.2 Å². The highest BCUT2D eigenvalue weighted by Gasteiger charge is 2.28. The molecule has 0 aliphatic carbocycles. The Morgan fingerprint density at radius 1 is 1.22 bits per heavy atom. The average molecular weight is 130 g/mol. The third kappa shape index (κ3) is 1.28. The van der Waals surface area contributed by atoms with E-state index in [0.29, 0.717) is 6.29 Å². The Morgan fingerprint density at radius 3 is 1.89 bits per heavy atom. The molecule has 3 nitrogen and oxygen atoms in total. The van der Waals surface area contributed by atoms with Crippen LogP contribution >= 0.6 is 0 Å². The quantitative estimate of drug-likeness (QED) is 0.480. The number of rotatable bonds is 1. The van der Waals surface area contributed by atoms with Crippen LogP contribution in [0, 0.1) is 0 Å². The highest BCUT2D eigenvalue weighted by molar-refractivity contribution is 5.54. The van der Waals surface area contributed by atoms with Gasteiger partial charge >= 0.3 is 0 Å². The Labute approximate surface area is 53.9 Å². The van der Waals surface area contributed by atoms with Crippen LogP contribution in [0.1, 0.15) is 13.8 Å². The number of carbonyl (C=O) groups is 1. The standard InChI is InChI=1S/C6H10O3/c1-4-5(2)9-6(3-7)8-4/h3-6H,1-2H3/t4-,5-/m1/s1. The van der Waals surface area contributed by atoms with E-state index in [9.17, 15) is 4.79 Å². The van der Waals surface area contributed by atoms with E-state index in [1.807, 2.05) is 13.8 Å². The van der Waals surface area contributed by atoms with Gasteiger partial charge in [0.25, 0.3) is 0 Å². The molecule has 0 aromatic rings. The van der Waals surface area contributed by atoms with Gasteiger partial charge in [-0.2, -0.15) is 0 Å². The molecule has 0 aromatic heterocycles. The van der Waals surface area contributed by atoms with Crippen LogP contribution < -0.4 is 0 Å². The van der Waals surface area contributed by atoms with E-state index in [4.69, 9.17) is 9.47 Å². The van der Waals surface area contributed by atoms with Crippen molar-refractivity contribution in [3.8, 4) is 0 Å². The van der Waals surface area contributed by atoms with Crippen molar-refractivity contribution in [2.75, 3.05) is 0 Å². The number of aldehydes is 1. The third-order valence-corrected chi connectivity index (χ3v) is 1.47. The topological polar surface area (TPSA) is 35.5 Å². The van der Waals surface area contributed by atoms with Crippen LogP contribution in [0.25, 0.3) is 0 Å². The highest BCUT2D eigenvalue weighted by atomic mass is 16.7. The molecular formula is C6H10O3. The molecule has 9 heavy (non-hydrogen) atoms. The molecule has 0 spiro atoms. The van der Waals surface area contributed by atoms with Gasteiger partial charge in [-0.1, -0.05) is 0 Å². The third-order valence-electron chi connectivity index (χ3n) is 1.47. The van der Waals surface area contributed by atoms with E-state index < -0.39 is 6.29 Å². The van der Waals surface area contributed by atoms with Gasteiger partial charge in [-0.05, 0) is 13.8 Å². The summed E-state index contributed by atoms with van der Waals surface area (Å²) in [5.41, 5.74) is 0. The molecular weight excluding hydrogens is 120 g/mol. The summed E-state index contributed by atoms with van der Waals surface area (Å²) in [4.78, 5) is 10.0. The van der Waals surface area contributed by atoms with Crippen molar-refractivity contribution in [3.63, 3.8) is 0 Å². The van der Waals surface area contributed by atoms with E-state index in [1.165, 1.54) is 0 Å². The van der Waals surface area contributed by atoms with Crippen LogP contribution in [0.2, 0.25) is 0 Å². The molecule has 1 saturated heterocycles. The van der Waals surface area contributed by atoms with Gasteiger partial charge < -0.3 is 9.47 Å². The fraction of sp³-hybridized carbons (Fsp3) is 0.833. The van der Waals surface area contributed by atoms with Crippen molar-refractivity contribution in [3.05, 3.63) is 0 Å². The fourth-order valence-electron chi connectivity index (χ4n) is 0.741. The first-order valence-corrected chi connectivity index (χ1v) is 3.00. The molecule has 2 atom stereocenters. The minimum absolute atomic E-state index is 0.0419. The molecule has 0 saturated carbocycles. The van der Waals surface area contributed by atoms with Gasteiger partial charge in [-0.25, -0.2) is 0 Å². The smallest absolute Gasteiger partial charge is 0.215 e. The first-order chi connectivity index (χ1) is 4.24. The number of hydrogen-bond donors (Lipinski definition) is 0. The highest BCUT2D eigenvalue weighted by Crippen LogP contribution is 2.15. The SMILES string of the molecule is C[C@H]1OC(C=O)O[C@@H]1C. The minimum Gasteiger partial charge on any atom is -0.340 e. The Kier molecular flexibility index (Phi) is 1.83. The van der Waals surface area contributed by atoms with Crippen molar-refractivity contribution in [1.29, 1.82) is 0 Å². The summed E-state index contributed by atoms with van der Waals surface area (Å²) in [6.07, 6.45) is 0.121. The largest absolute Gasteiger partial charge is 0.340 e. The summed E-state index contributed by atoms with van der Waals surface area (Å²) in [6, 6.07) is 0. The van der Waals surface area contributed by atoms with Gasteiger partial charge in [0.2, 0.25) is 6.29 Å². The summed E-state index contributed by atoms with van der Waals surface area (Å²) in [6.45, 7) is 3.77. The van der Waals surface area contributed by atoms with Gasteiger partial charge in [0.05, 0.1) is 12.2 Å². The Morgan fingerprint density at radius 2 is 1.67 bits per heavy atom. The van der Waals surface area contributed by atoms with Crippen molar-refractivity contribution >= 4 is 6.29 Å². The minimum atomic E-state index is -0.630. The zero-order valence-corrected chi connectivity index (χ0v) is 5.53. The van der Waals surface area contributed by atoms with E-state index in [1.54, 1.807) is 0 Å². The predicted molar refractivity (Wildman–Crippen MR) is 30.9 cm³/mol. The van der Waals surface area contributed by atoms with Crippen LogP contribution in [0.3, 0.4) is 0 Å². The molecule has 1 fully saturated rings. The Hall–Kier alpha value is -0.410. The molecule has 1 rings (SSSR count). The van der Waals surface area contributed by atoms with Gasteiger partial charge in [-0.15, -0.1) is 0 Å². The summed E-state index contributed by atoms with van der Waals surface area (Å²) in [7, 11) is 0. The van der Waals surface area contributed by atoms with Crippen LogP contribution in [-0.4, -0.2) is 24.8 Å². The predicted octanol–water partition coefficient (Wildman–Crippen LogP) is 0.335. The van der Waals surface area contributed by atoms with Crippen LogP contribution in [0.5, 0.6) is 0 Å². The maximum Gasteiger partial charge on any atom is 0.215 e. The lowest BCUT2D eigenvalue weighted by Gasteiger charge is -2.02. The fourth-order valence-corrected chi connectivity index (χ4v) is 0.741. The monoisotopic (exact) mass is 130 g/mol. The second-order valence-corrected chi connectivity index (χ2v) is 2.19. The summed E-state index contributed by atoms with van der Waals surface area (Å²) in [5.74, 6) is 0. The zero-order chi connectivity index (χ0) is 6.85. The molecule has 0 amide bonds. The molecule has 0 aromatic carbocycles. The van der Waals surface area contributed by atoms with Crippen LogP contribution in [0.15, 0.2) is 0 Å². The van der Waals surface area contributed by atoms with E-state index in [2.05, 4.69) is 0 Å². The van der Waals surface area contributed by atoms with Gasteiger partial charge in [-0.3, -0.25) is 4.79 Å². The first-order valence-electron chi connectivity index (χ1n) is 3.00. The lowest BCUT2D eigenvalue weighted by atomic mass is 10.3. The number of hydrogen-bond acceptors (Lipinski definition) is 3. The molecule has 1 aliphatic rings. The number of carbonyl (C=O) groups excluding carboxylic acids is 1. The summed E-state index contributed by atoms with van der Waals surface area (Å²) >= 11 is 0. The second kappa shape index (κ2) is 2.45. The maximum absolute atomic E-state index is 10.0. The molecule has 3 heteroatoms. The van der Waals surface area contributed by atoms with E-state index in [0.717, 1.165) is 0 Å². The van der Waals surface area contributed by atoms with Crippen LogP contribution in [-0.2, 0) is 14.3 Å². The van der Waals surface area contributed by atoms with Crippen molar-refractivity contribution < 1.29 is 14.3 Å². The summed E-state index contributed by atoms with van der Waals surface area (Å²) in [5, 5.41) is 0. The molecule has 52 valence electrons. The molecule has 1 heterocycles. The van der Waals surface area contributed by atoms with Crippen LogP contribution in [0.4, 0.5) is 0 Å². The molecule has 1 aliphatic heterocycles. The van der Waals surface area contributed by atoms with Crippen molar-refractivity contribution in [1.82, 2.24) is 0 Å². The van der Waals surface area contributed by atoms with Gasteiger partial charge in [0.15, 0.2) is 6.29 Å². The average Bonchev–Trinajstić information content (AvgIpc) is 2.13.